The fourth-order valence-electron chi connectivity index (χ4n) is 2.02. The largest absolute Gasteiger partial charge is 0.493 e. The van der Waals surface area contributed by atoms with Gasteiger partial charge in [0.2, 0.25) is 5.75 Å². The van der Waals surface area contributed by atoms with Gasteiger partial charge in [-0.05, 0) is 26.3 Å². The SMILES string of the molecule is COC(=O)c1cc(OC)c(OC)c(OC)c1CC=C(C)C. The third-order valence-electron chi connectivity index (χ3n) is 3.05. The Hall–Kier alpha value is -2.17. The number of rotatable bonds is 6. The Morgan fingerprint density at radius 1 is 1.05 bits per heavy atom. The van der Waals surface area contributed by atoms with Crippen molar-refractivity contribution in [1.82, 2.24) is 0 Å². The molecule has 5 nitrogen and oxygen atoms in total. The Balaban J connectivity index is 3.60. The lowest BCUT2D eigenvalue weighted by atomic mass is 10.0. The molecule has 0 aliphatic rings. The molecule has 0 spiro atoms. The molecular weight excluding hydrogens is 272 g/mol. The normalized spacial score (nSPS) is 9.81. The number of carbonyl (C=O) groups excluding carboxylic acids is 1. The van der Waals surface area contributed by atoms with E-state index in [1.54, 1.807) is 6.07 Å². The third-order valence-corrected chi connectivity index (χ3v) is 3.05. The Morgan fingerprint density at radius 3 is 2.10 bits per heavy atom. The Kier molecular flexibility index (Phi) is 6.09. The van der Waals surface area contributed by atoms with Gasteiger partial charge in [-0.1, -0.05) is 11.6 Å². The van der Waals surface area contributed by atoms with E-state index in [0.717, 1.165) is 5.57 Å². The highest BCUT2D eigenvalue weighted by Crippen LogP contribution is 2.42. The van der Waals surface area contributed by atoms with Crippen LogP contribution in [0.3, 0.4) is 0 Å². The molecule has 0 aromatic heterocycles. The Labute approximate surface area is 125 Å². The molecule has 0 atom stereocenters. The zero-order valence-electron chi connectivity index (χ0n) is 13.4. The summed E-state index contributed by atoms with van der Waals surface area (Å²) in [5.41, 5.74) is 2.26. The van der Waals surface area contributed by atoms with Crippen molar-refractivity contribution >= 4 is 5.97 Å². The van der Waals surface area contributed by atoms with E-state index in [-0.39, 0.29) is 0 Å². The Morgan fingerprint density at radius 2 is 1.67 bits per heavy atom. The highest BCUT2D eigenvalue weighted by atomic mass is 16.5. The summed E-state index contributed by atoms with van der Waals surface area (Å²) in [4.78, 5) is 12.0. The minimum atomic E-state index is -0.439. The van der Waals surface area contributed by atoms with Crippen molar-refractivity contribution in [1.29, 1.82) is 0 Å². The van der Waals surface area contributed by atoms with E-state index >= 15 is 0 Å². The van der Waals surface area contributed by atoms with Crippen molar-refractivity contribution in [2.75, 3.05) is 28.4 Å². The fourth-order valence-corrected chi connectivity index (χ4v) is 2.02. The van der Waals surface area contributed by atoms with Crippen LogP contribution < -0.4 is 14.2 Å². The summed E-state index contributed by atoms with van der Waals surface area (Å²) in [7, 11) is 5.91. The first-order valence-corrected chi connectivity index (χ1v) is 6.53. The molecule has 0 saturated heterocycles. The van der Waals surface area contributed by atoms with Crippen LogP contribution in [-0.4, -0.2) is 34.4 Å². The second-order valence-corrected chi connectivity index (χ2v) is 4.65. The van der Waals surface area contributed by atoms with Crippen LogP contribution in [0.2, 0.25) is 0 Å². The molecule has 0 heterocycles. The van der Waals surface area contributed by atoms with E-state index < -0.39 is 5.97 Å². The zero-order valence-corrected chi connectivity index (χ0v) is 13.4. The highest BCUT2D eigenvalue weighted by molar-refractivity contribution is 5.93. The number of hydrogen-bond acceptors (Lipinski definition) is 5. The Bertz CT molecular complexity index is 542. The van der Waals surface area contributed by atoms with Gasteiger partial charge >= 0.3 is 5.97 Å². The molecule has 0 saturated carbocycles. The van der Waals surface area contributed by atoms with Crippen LogP contribution in [0.25, 0.3) is 0 Å². The zero-order chi connectivity index (χ0) is 16.0. The first-order chi connectivity index (χ1) is 9.99. The molecule has 1 rings (SSSR count). The van der Waals surface area contributed by atoms with Crippen molar-refractivity contribution in [2.45, 2.75) is 20.3 Å². The topological polar surface area (TPSA) is 54.0 Å². The minimum absolute atomic E-state index is 0.407. The second kappa shape index (κ2) is 7.57. The van der Waals surface area contributed by atoms with Crippen LogP contribution in [0.1, 0.15) is 29.8 Å². The van der Waals surface area contributed by atoms with Crippen LogP contribution in [0.4, 0.5) is 0 Å². The molecule has 21 heavy (non-hydrogen) atoms. The molecule has 0 bridgehead atoms. The maximum atomic E-state index is 12.0. The maximum absolute atomic E-state index is 12.0. The summed E-state index contributed by atoms with van der Waals surface area (Å²) >= 11 is 0. The molecule has 0 N–H and O–H groups in total. The number of hydrogen-bond donors (Lipinski definition) is 0. The first-order valence-electron chi connectivity index (χ1n) is 6.53. The molecule has 0 radical (unpaired) electrons. The molecule has 0 unspecified atom stereocenters. The van der Waals surface area contributed by atoms with E-state index in [2.05, 4.69) is 0 Å². The molecular formula is C16H22O5. The minimum Gasteiger partial charge on any atom is -0.493 e. The van der Waals surface area contributed by atoms with Crippen LogP contribution in [0, 0.1) is 0 Å². The van der Waals surface area contributed by atoms with Crippen molar-refractivity contribution in [3.63, 3.8) is 0 Å². The van der Waals surface area contributed by atoms with Gasteiger partial charge in [-0.15, -0.1) is 0 Å². The fraction of sp³-hybridized carbons (Fsp3) is 0.438. The van der Waals surface area contributed by atoms with E-state index in [1.165, 1.54) is 28.4 Å². The lowest BCUT2D eigenvalue weighted by Gasteiger charge is -2.18. The maximum Gasteiger partial charge on any atom is 0.338 e. The monoisotopic (exact) mass is 294 g/mol. The predicted octanol–water partition coefficient (Wildman–Crippen LogP) is 3.01. The van der Waals surface area contributed by atoms with Crippen LogP contribution in [0.5, 0.6) is 17.2 Å². The number of methoxy groups -OCH3 is 4. The summed E-state index contributed by atoms with van der Waals surface area (Å²) in [5.74, 6) is 0.932. The van der Waals surface area contributed by atoms with Crippen molar-refractivity contribution in [2.24, 2.45) is 0 Å². The third kappa shape index (κ3) is 3.68. The summed E-state index contributed by atoms with van der Waals surface area (Å²) in [6.45, 7) is 3.98. The number of esters is 1. The summed E-state index contributed by atoms with van der Waals surface area (Å²) in [5, 5.41) is 0. The summed E-state index contributed by atoms with van der Waals surface area (Å²) in [6, 6.07) is 1.61. The van der Waals surface area contributed by atoms with Gasteiger partial charge in [0.05, 0.1) is 34.0 Å². The second-order valence-electron chi connectivity index (χ2n) is 4.65. The average Bonchev–Trinajstić information content (AvgIpc) is 2.49. The molecule has 0 fully saturated rings. The van der Waals surface area contributed by atoms with Crippen LogP contribution in [0.15, 0.2) is 17.7 Å². The lowest BCUT2D eigenvalue weighted by molar-refractivity contribution is 0.0598. The van der Waals surface area contributed by atoms with Gasteiger partial charge in [0.1, 0.15) is 0 Å². The molecule has 1 aromatic carbocycles. The summed E-state index contributed by atoms with van der Waals surface area (Å²) in [6.07, 6.45) is 2.55. The van der Waals surface area contributed by atoms with Gasteiger partial charge in [-0.2, -0.15) is 0 Å². The van der Waals surface area contributed by atoms with E-state index in [4.69, 9.17) is 18.9 Å². The van der Waals surface area contributed by atoms with E-state index in [0.29, 0.717) is 34.8 Å². The van der Waals surface area contributed by atoms with E-state index in [1.807, 2.05) is 19.9 Å². The van der Waals surface area contributed by atoms with Gasteiger partial charge in [0.15, 0.2) is 11.5 Å². The van der Waals surface area contributed by atoms with E-state index in [9.17, 15) is 4.79 Å². The molecule has 0 amide bonds. The first kappa shape index (κ1) is 16.9. The van der Waals surface area contributed by atoms with Crippen molar-refractivity contribution in [3.05, 3.63) is 28.8 Å². The summed E-state index contributed by atoms with van der Waals surface area (Å²) < 4.78 is 20.9. The smallest absolute Gasteiger partial charge is 0.338 e. The van der Waals surface area contributed by atoms with Gasteiger partial charge in [-0.25, -0.2) is 4.79 Å². The average molecular weight is 294 g/mol. The predicted molar refractivity (Wildman–Crippen MR) is 80.6 cm³/mol. The molecule has 0 aliphatic carbocycles. The van der Waals surface area contributed by atoms with Crippen LogP contribution in [-0.2, 0) is 11.2 Å². The van der Waals surface area contributed by atoms with Crippen LogP contribution >= 0.6 is 0 Å². The van der Waals surface area contributed by atoms with Gasteiger partial charge in [-0.3, -0.25) is 0 Å². The van der Waals surface area contributed by atoms with Crippen molar-refractivity contribution < 1.29 is 23.7 Å². The van der Waals surface area contributed by atoms with Gasteiger partial charge in [0.25, 0.3) is 0 Å². The molecule has 116 valence electrons. The number of ether oxygens (including phenoxy) is 4. The molecule has 0 aliphatic heterocycles. The van der Waals surface area contributed by atoms with Crippen molar-refractivity contribution in [3.8, 4) is 17.2 Å². The van der Waals surface area contributed by atoms with Gasteiger partial charge in [0, 0.05) is 5.56 Å². The number of benzene rings is 1. The molecule has 1 aromatic rings. The van der Waals surface area contributed by atoms with Gasteiger partial charge < -0.3 is 18.9 Å². The quantitative estimate of drug-likeness (QED) is 0.596. The highest BCUT2D eigenvalue weighted by Gasteiger charge is 2.23. The standard InChI is InChI=1S/C16H22O5/c1-10(2)7-8-11-12(16(17)21-6)9-13(18-3)15(20-5)14(11)19-4/h7,9H,8H2,1-6H3. The number of allylic oxidation sites excluding steroid dienone is 2. The number of carbonyl (C=O) groups is 1. The molecule has 5 heteroatoms. The lowest BCUT2D eigenvalue weighted by Crippen LogP contribution is -2.09.